The highest BCUT2D eigenvalue weighted by Gasteiger charge is 2.22. The van der Waals surface area contributed by atoms with Crippen LogP contribution in [-0.2, 0) is 11.3 Å². The molecule has 8 nitrogen and oxygen atoms in total. The van der Waals surface area contributed by atoms with E-state index in [2.05, 4.69) is 25.1 Å². The van der Waals surface area contributed by atoms with E-state index in [1.807, 2.05) is 18.2 Å². The number of aromatic amines is 1. The van der Waals surface area contributed by atoms with Crippen LogP contribution < -0.4 is 5.32 Å². The number of anilines is 1. The van der Waals surface area contributed by atoms with Gasteiger partial charge in [0.25, 0.3) is 5.91 Å². The number of esters is 1. The number of benzene rings is 1. The number of halogens is 2. The second-order valence-corrected chi connectivity index (χ2v) is 8.41. The molecule has 1 aromatic carbocycles. The SMILES string of the molecule is COC(=O)c1cc(-c2csc(NC(=O)c3c(C)nn(Cc4ccccc4Cl)c3Cl)n2)c[nH]1. The Morgan fingerprint density at radius 1 is 1.28 bits per heavy atom. The van der Waals surface area contributed by atoms with Crippen LogP contribution in [0.5, 0.6) is 0 Å². The number of hydrogen-bond donors (Lipinski definition) is 2. The Morgan fingerprint density at radius 3 is 2.81 bits per heavy atom. The average molecular weight is 490 g/mol. The number of nitrogens with zero attached hydrogens (tertiary/aromatic N) is 3. The van der Waals surface area contributed by atoms with Crippen molar-refractivity contribution in [1.82, 2.24) is 19.7 Å². The van der Waals surface area contributed by atoms with Crippen molar-refractivity contribution in [2.45, 2.75) is 13.5 Å². The molecular weight excluding hydrogens is 473 g/mol. The number of methoxy groups -OCH3 is 1. The van der Waals surface area contributed by atoms with Gasteiger partial charge in [0.2, 0.25) is 0 Å². The number of thiazole rings is 1. The molecule has 0 saturated heterocycles. The fourth-order valence-electron chi connectivity index (χ4n) is 3.10. The summed E-state index contributed by atoms with van der Waals surface area (Å²) in [5, 5.41) is 10.1. The third kappa shape index (κ3) is 4.40. The molecule has 164 valence electrons. The molecule has 0 radical (unpaired) electrons. The van der Waals surface area contributed by atoms with Gasteiger partial charge >= 0.3 is 5.97 Å². The number of carbonyl (C=O) groups is 2. The largest absolute Gasteiger partial charge is 0.464 e. The van der Waals surface area contributed by atoms with Gasteiger partial charge < -0.3 is 9.72 Å². The molecule has 0 saturated carbocycles. The first kappa shape index (κ1) is 22.1. The zero-order chi connectivity index (χ0) is 22.8. The Hall–Kier alpha value is -3.14. The minimum atomic E-state index is -0.473. The monoisotopic (exact) mass is 489 g/mol. The van der Waals surface area contributed by atoms with Crippen molar-refractivity contribution in [2.75, 3.05) is 12.4 Å². The molecule has 0 fully saturated rings. The summed E-state index contributed by atoms with van der Waals surface area (Å²) in [5.74, 6) is -0.887. The first-order valence-electron chi connectivity index (χ1n) is 9.37. The highest BCUT2D eigenvalue weighted by Crippen LogP contribution is 2.28. The number of aryl methyl sites for hydroxylation is 1. The van der Waals surface area contributed by atoms with Crippen LogP contribution in [0.3, 0.4) is 0 Å². The average Bonchev–Trinajstić information content (AvgIpc) is 3.49. The van der Waals surface area contributed by atoms with Crippen LogP contribution in [0.25, 0.3) is 11.3 Å². The molecule has 32 heavy (non-hydrogen) atoms. The minimum absolute atomic E-state index is 0.213. The smallest absolute Gasteiger partial charge is 0.354 e. The Balaban J connectivity index is 1.51. The molecule has 11 heteroatoms. The van der Waals surface area contributed by atoms with Crippen LogP contribution in [0, 0.1) is 6.92 Å². The zero-order valence-corrected chi connectivity index (χ0v) is 19.3. The summed E-state index contributed by atoms with van der Waals surface area (Å²) in [6.07, 6.45) is 1.65. The van der Waals surface area contributed by atoms with Gasteiger partial charge in [-0.3, -0.25) is 10.1 Å². The van der Waals surface area contributed by atoms with Crippen molar-refractivity contribution < 1.29 is 14.3 Å². The van der Waals surface area contributed by atoms with Crippen LogP contribution in [0.1, 0.15) is 32.1 Å². The van der Waals surface area contributed by atoms with Crippen LogP contribution in [0.15, 0.2) is 41.9 Å². The van der Waals surface area contributed by atoms with Crippen LogP contribution in [0.2, 0.25) is 10.2 Å². The van der Waals surface area contributed by atoms with E-state index in [9.17, 15) is 9.59 Å². The number of carbonyl (C=O) groups excluding carboxylic acids is 2. The van der Waals surface area contributed by atoms with E-state index in [1.54, 1.807) is 30.6 Å². The molecule has 3 heterocycles. The van der Waals surface area contributed by atoms with Crippen molar-refractivity contribution in [2.24, 2.45) is 0 Å². The van der Waals surface area contributed by atoms with Crippen molar-refractivity contribution in [1.29, 1.82) is 0 Å². The highest BCUT2D eigenvalue weighted by molar-refractivity contribution is 7.14. The second-order valence-electron chi connectivity index (χ2n) is 6.79. The molecule has 0 bridgehead atoms. The van der Waals surface area contributed by atoms with E-state index >= 15 is 0 Å². The van der Waals surface area contributed by atoms with Gasteiger partial charge in [0.1, 0.15) is 10.8 Å². The molecular formula is C21H17Cl2N5O3S. The highest BCUT2D eigenvalue weighted by atomic mass is 35.5. The maximum Gasteiger partial charge on any atom is 0.354 e. The van der Waals surface area contributed by atoms with Gasteiger partial charge in [0.05, 0.1) is 30.6 Å². The van der Waals surface area contributed by atoms with Gasteiger partial charge in [-0.25, -0.2) is 14.5 Å². The summed E-state index contributed by atoms with van der Waals surface area (Å²) in [6, 6.07) is 9.00. The quantitative estimate of drug-likeness (QED) is 0.369. The second kappa shape index (κ2) is 9.15. The Labute approximate surface area is 197 Å². The number of aromatic nitrogens is 4. The Kier molecular flexibility index (Phi) is 6.31. The van der Waals surface area contributed by atoms with Gasteiger partial charge in [0.15, 0.2) is 5.13 Å². The van der Waals surface area contributed by atoms with Gasteiger partial charge in [-0.05, 0) is 24.6 Å². The summed E-state index contributed by atoms with van der Waals surface area (Å²) in [6.45, 7) is 2.05. The molecule has 0 spiro atoms. The number of H-pyrrole nitrogens is 1. The molecule has 0 unspecified atom stereocenters. The summed E-state index contributed by atoms with van der Waals surface area (Å²) < 4.78 is 6.22. The molecule has 1 amide bonds. The third-order valence-corrected chi connectivity index (χ3v) is 6.19. The zero-order valence-electron chi connectivity index (χ0n) is 17.0. The lowest BCUT2D eigenvalue weighted by Crippen LogP contribution is -2.13. The van der Waals surface area contributed by atoms with Gasteiger partial charge in [-0.2, -0.15) is 5.10 Å². The standard InChI is InChI=1S/C21H17Cl2N5O3S/c1-11-17(18(23)28(27-11)9-12-5-3-4-6-14(12)22)19(29)26-21-25-16(10-32-21)13-7-15(24-8-13)20(30)31-2/h3-8,10,24H,9H2,1-2H3,(H,25,26,29). The fraction of sp³-hybridized carbons (Fsp3) is 0.143. The molecule has 4 aromatic rings. The van der Waals surface area contributed by atoms with E-state index in [4.69, 9.17) is 23.2 Å². The van der Waals surface area contributed by atoms with E-state index in [0.717, 1.165) is 5.56 Å². The van der Waals surface area contributed by atoms with Gasteiger partial charge in [0, 0.05) is 22.2 Å². The van der Waals surface area contributed by atoms with E-state index < -0.39 is 11.9 Å². The van der Waals surface area contributed by atoms with Crippen molar-refractivity contribution in [3.63, 3.8) is 0 Å². The molecule has 2 N–H and O–H groups in total. The first-order valence-corrected chi connectivity index (χ1v) is 11.0. The van der Waals surface area contributed by atoms with Crippen molar-refractivity contribution in [3.05, 3.63) is 74.6 Å². The number of nitrogens with one attached hydrogen (secondary N) is 2. The maximum atomic E-state index is 12.9. The number of hydrogen-bond acceptors (Lipinski definition) is 6. The maximum absolute atomic E-state index is 12.9. The lowest BCUT2D eigenvalue weighted by atomic mass is 10.2. The summed E-state index contributed by atoms with van der Waals surface area (Å²) in [5.41, 5.74) is 3.22. The molecule has 0 atom stereocenters. The van der Waals surface area contributed by atoms with Crippen molar-refractivity contribution >= 4 is 51.5 Å². The Bertz CT molecular complexity index is 1310. The molecule has 0 aliphatic carbocycles. The predicted molar refractivity (Wildman–Crippen MR) is 124 cm³/mol. The lowest BCUT2D eigenvalue weighted by molar-refractivity contribution is 0.0594. The lowest BCUT2D eigenvalue weighted by Gasteiger charge is -2.06. The van der Waals surface area contributed by atoms with Gasteiger partial charge in [-0.15, -0.1) is 11.3 Å². The molecule has 4 rings (SSSR count). The van der Waals surface area contributed by atoms with Crippen LogP contribution in [0.4, 0.5) is 5.13 Å². The summed E-state index contributed by atoms with van der Waals surface area (Å²) in [4.78, 5) is 31.8. The van der Waals surface area contributed by atoms with Gasteiger partial charge in [-0.1, -0.05) is 41.4 Å². The summed E-state index contributed by atoms with van der Waals surface area (Å²) >= 11 is 13.9. The van der Waals surface area contributed by atoms with Crippen molar-refractivity contribution in [3.8, 4) is 11.3 Å². The molecule has 0 aliphatic heterocycles. The third-order valence-electron chi connectivity index (χ3n) is 4.68. The van der Waals surface area contributed by atoms with E-state index in [0.29, 0.717) is 39.3 Å². The molecule has 3 aromatic heterocycles. The van der Waals surface area contributed by atoms with Crippen LogP contribution >= 0.6 is 34.5 Å². The normalized spacial score (nSPS) is 10.9. The fourth-order valence-corrected chi connectivity index (χ4v) is 4.33. The molecule has 0 aliphatic rings. The Morgan fingerprint density at radius 2 is 2.06 bits per heavy atom. The number of ether oxygens (including phenoxy) is 1. The minimum Gasteiger partial charge on any atom is -0.464 e. The predicted octanol–water partition coefficient (Wildman–Crippen LogP) is 5.04. The van der Waals surface area contributed by atoms with Crippen LogP contribution in [-0.4, -0.2) is 38.7 Å². The number of amides is 1. The number of rotatable bonds is 6. The van der Waals surface area contributed by atoms with E-state index in [-0.39, 0.29) is 10.7 Å². The summed E-state index contributed by atoms with van der Waals surface area (Å²) in [7, 11) is 1.31. The topological polar surface area (TPSA) is 102 Å². The first-order chi connectivity index (χ1) is 15.4. The van der Waals surface area contributed by atoms with E-state index in [1.165, 1.54) is 23.1 Å².